The van der Waals surface area contributed by atoms with Gasteiger partial charge in [0.1, 0.15) is 5.52 Å². The molecule has 0 unspecified atom stereocenters. The molecule has 6 nitrogen and oxygen atoms in total. The zero-order chi connectivity index (χ0) is 19.4. The molecule has 1 amide bonds. The van der Waals surface area contributed by atoms with Crippen molar-refractivity contribution in [1.29, 1.82) is 0 Å². The Morgan fingerprint density at radius 2 is 2.00 bits per heavy atom. The molecular weight excluding hydrogens is 368 g/mol. The maximum Gasteiger partial charge on any atom is 0.307 e. The number of carbonyl (C=O) groups excluding carboxylic acids is 2. The van der Waals surface area contributed by atoms with Gasteiger partial charge in [0.2, 0.25) is 0 Å². The second-order valence-corrected chi connectivity index (χ2v) is 6.52. The third-order valence-corrected chi connectivity index (χ3v) is 4.49. The fourth-order valence-corrected chi connectivity index (χ4v) is 2.70. The maximum absolute atomic E-state index is 12.2. The highest BCUT2D eigenvalue weighted by Gasteiger charge is 2.19. The van der Waals surface area contributed by atoms with Gasteiger partial charge in [-0.3, -0.25) is 9.59 Å². The Labute approximate surface area is 161 Å². The summed E-state index contributed by atoms with van der Waals surface area (Å²) in [4.78, 5) is 28.6. The molecular formula is C20H19ClN2O4. The number of para-hydroxylation sites is 2. The summed E-state index contributed by atoms with van der Waals surface area (Å²) in [6, 6.07) is 12.6. The number of hydrogen-bond donors (Lipinski definition) is 1. The molecule has 0 aliphatic rings. The van der Waals surface area contributed by atoms with Gasteiger partial charge in [0.05, 0.1) is 6.42 Å². The molecule has 1 aromatic heterocycles. The van der Waals surface area contributed by atoms with Gasteiger partial charge in [-0.05, 0) is 43.7 Å². The van der Waals surface area contributed by atoms with Crippen molar-refractivity contribution < 1.29 is 18.7 Å². The predicted molar refractivity (Wildman–Crippen MR) is 103 cm³/mol. The lowest BCUT2D eigenvalue weighted by molar-refractivity contribution is -0.153. The van der Waals surface area contributed by atoms with Crippen LogP contribution >= 0.6 is 11.6 Å². The number of benzene rings is 2. The second kappa shape index (κ2) is 8.22. The molecule has 0 saturated carbocycles. The number of aryl methyl sites for hydroxylation is 1. The Bertz CT molecular complexity index is 950. The van der Waals surface area contributed by atoms with E-state index in [2.05, 4.69) is 10.3 Å². The van der Waals surface area contributed by atoms with E-state index in [4.69, 9.17) is 20.8 Å². The summed E-state index contributed by atoms with van der Waals surface area (Å²) >= 11 is 6.04. The van der Waals surface area contributed by atoms with Crippen LogP contribution in [0.25, 0.3) is 11.1 Å². The number of rotatable bonds is 6. The Morgan fingerprint density at radius 3 is 2.78 bits per heavy atom. The monoisotopic (exact) mass is 386 g/mol. The topological polar surface area (TPSA) is 81.4 Å². The standard InChI is InChI=1S/C20H19ClN2O4/c1-12-14(21)6-5-8-15(12)23-20(25)13(2)26-19(24)11-10-18-22-16-7-3-4-9-17(16)27-18/h3-9,13H,10-11H2,1-2H3,(H,23,25)/t13-/m1/s1. The van der Waals surface area contributed by atoms with E-state index in [1.165, 1.54) is 6.92 Å². The van der Waals surface area contributed by atoms with Gasteiger partial charge in [0.25, 0.3) is 5.91 Å². The Morgan fingerprint density at radius 1 is 1.22 bits per heavy atom. The lowest BCUT2D eigenvalue weighted by Gasteiger charge is -2.15. The van der Waals surface area contributed by atoms with E-state index in [1.54, 1.807) is 25.1 Å². The first-order chi connectivity index (χ1) is 12.9. The summed E-state index contributed by atoms with van der Waals surface area (Å²) in [6.45, 7) is 3.32. The molecule has 2 aromatic carbocycles. The highest BCUT2D eigenvalue weighted by molar-refractivity contribution is 6.31. The summed E-state index contributed by atoms with van der Waals surface area (Å²) < 4.78 is 10.8. The third kappa shape index (κ3) is 4.65. The zero-order valence-electron chi connectivity index (χ0n) is 15.0. The van der Waals surface area contributed by atoms with Crippen LogP contribution in [0.15, 0.2) is 46.9 Å². The van der Waals surface area contributed by atoms with Crippen molar-refractivity contribution in [3.8, 4) is 0 Å². The smallest absolute Gasteiger partial charge is 0.307 e. The fraction of sp³-hybridized carbons (Fsp3) is 0.250. The molecule has 0 aliphatic carbocycles. The van der Waals surface area contributed by atoms with Gasteiger partial charge in [0, 0.05) is 17.1 Å². The molecule has 3 rings (SSSR count). The van der Waals surface area contributed by atoms with Crippen molar-refractivity contribution in [3.63, 3.8) is 0 Å². The van der Waals surface area contributed by atoms with E-state index in [9.17, 15) is 9.59 Å². The maximum atomic E-state index is 12.2. The van der Waals surface area contributed by atoms with Crippen LogP contribution in [0.5, 0.6) is 0 Å². The number of nitrogens with one attached hydrogen (secondary N) is 1. The Balaban J connectivity index is 1.52. The van der Waals surface area contributed by atoms with Crippen molar-refractivity contribution in [2.75, 3.05) is 5.32 Å². The van der Waals surface area contributed by atoms with Crippen LogP contribution in [0.1, 0.15) is 24.8 Å². The molecule has 0 bridgehead atoms. The molecule has 3 aromatic rings. The first kappa shape index (κ1) is 18.9. The van der Waals surface area contributed by atoms with Crippen molar-refractivity contribution in [2.24, 2.45) is 0 Å². The number of fused-ring (bicyclic) bond motifs is 1. The lowest BCUT2D eigenvalue weighted by atomic mass is 10.2. The van der Waals surface area contributed by atoms with Crippen LogP contribution < -0.4 is 5.32 Å². The summed E-state index contributed by atoms with van der Waals surface area (Å²) in [5.74, 6) is -0.460. The number of anilines is 1. The van der Waals surface area contributed by atoms with Crippen molar-refractivity contribution in [2.45, 2.75) is 32.8 Å². The molecule has 7 heteroatoms. The average molecular weight is 387 g/mol. The number of aromatic nitrogens is 1. The van der Waals surface area contributed by atoms with Gasteiger partial charge in [-0.2, -0.15) is 0 Å². The summed E-state index contributed by atoms with van der Waals surface area (Å²) in [7, 11) is 0. The van der Waals surface area contributed by atoms with E-state index in [-0.39, 0.29) is 6.42 Å². The number of carbonyl (C=O) groups is 2. The highest BCUT2D eigenvalue weighted by atomic mass is 35.5. The van der Waals surface area contributed by atoms with Crippen LogP contribution in [0.2, 0.25) is 5.02 Å². The van der Waals surface area contributed by atoms with Gasteiger partial charge in [-0.1, -0.05) is 29.8 Å². The average Bonchev–Trinajstić information content (AvgIpc) is 3.06. The van der Waals surface area contributed by atoms with Gasteiger partial charge in [0.15, 0.2) is 17.6 Å². The number of ether oxygens (including phenoxy) is 1. The van der Waals surface area contributed by atoms with E-state index in [0.29, 0.717) is 28.6 Å². The quantitative estimate of drug-likeness (QED) is 0.639. The molecule has 0 radical (unpaired) electrons. The van der Waals surface area contributed by atoms with E-state index in [1.807, 2.05) is 24.3 Å². The van der Waals surface area contributed by atoms with Gasteiger partial charge >= 0.3 is 5.97 Å². The highest BCUT2D eigenvalue weighted by Crippen LogP contribution is 2.23. The number of amides is 1. The molecule has 0 saturated heterocycles. The fourth-order valence-electron chi connectivity index (χ4n) is 2.52. The predicted octanol–water partition coefficient (Wildman–Crippen LogP) is 4.29. The van der Waals surface area contributed by atoms with Gasteiger partial charge in [-0.25, -0.2) is 4.98 Å². The first-order valence-electron chi connectivity index (χ1n) is 8.54. The molecule has 1 N–H and O–H groups in total. The summed E-state index contributed by atoms with van der Waals surface area (Å²) in [6.07, 6.45) is -0.560. The summed E-state index contributed by atoms with van der Waals surface area (Å²) in [5.41, 5.74) is 2.75. The minimum absolute atomic E-state index is 0.0701. The molecule has 27 heavy (non-hydrogen) atoms. The van der Waals surface area contributed by atoms with Gasteiger partial charge < -0.3 is 14.5 Å². The zero-order valence-corrected chi connectivity index (χ0v) is 15.7. The molecule has 140 valence electrons. The molecule has 0 spiro atoms. The number of esters is 1. The largest absolute Gasteiger partial charge is 0.453 e. The SMILES string of the molecule is Cc1c(Cl)cccc1NC(=O)[C@@H](C)OC(=O)CCc1nc2ccccc2o1. The minimum Gasteiger partial charge on any atom is -0.453 e. The first-order valence-corrected chi connectivity index (χ1v) is 8.91. The van der Waals surface area contributed by atoms with Crippen molar-refractivity contribution in [1.82, 2.24) is 4.98 Å². The van der Waals surface area contributed by atoms with Crippen LogP contribution in [-0.4, -0.2) is 23.0 Å². The molecule has 0 aliphatic heterocycles. The second-order valence-electron chi connectivity index (χ2n) is 6.11. The number of nitrogens with zero attached hydrogens (tertiary/aromatic N) is 1. The van der Waals surface area contributed by atoms with E-state index < -0.39 is 18.0 Å². The molecule has 1 heterocycles. The lowest BCUT2D eigenvalue weighted by Crippen LogP contribution is -2.30. The third-order valence-electron chi connectivity index (χ3n) is 4.08. The molecule has 0 fully saturated rings. The van der Waals surface area contributed by atoms with Gasteiger partial charge in [-0.15, -0.1) is 0 Å². The van der Waals surface area contributed by atoms with Crippen LogP contribution in [0.3, 0.4) is 0 Å². The van der Waals surface area contributed by atoms with Crippen LogP contribution in [-0.2, 0) is 20.7 Å². The number of hydrogen-bond acceptors (Lipinski definition) is 5. The van der Waals surface area contributed by atoms with Crippen molar-refractivity contribution in [3.05, 3.63) is 58.9 Å². The van der Waals surface area contributed by atoms with E-state index >= 15 is 0 Å². The van der Waals surface area contributed by atoms with Crippen LogP contribution in [0, 0.1) is 6.92 Å². The van der Waals surface area contributed by atoms with Crippen molar-refractivity contribution >= 4 is 40.3 Å². The number of oxazole rings is 1. The Hall–Kier alpha value is -2.86. The van der Waals surface area contributed by atoms with E-state index in [0.717, 1.165) is 11.1 Å². The Kier molecular flexibility index (Phi) is 5.76. The summed E-state index contributed by atoms with van der Waals surface area (Å²) in [5, 5.41) is 3.27. The molecule has 1 atom stereocenters. The minimum atomic E-state index is -0.931. The van der Waals surface area contributed by atoms with Crippen LogP contribution in [0.4, 0.5) is 5.69 Å². The normalized spacial score (nSPS) is 12.0. The number of halogens is 1.